The summed E-state index contributed by atoms with van der Waals surface area (Å²) in [5.41, 5.74) is 1.24. The number of carbonyl (C=O) groups excluding carboxylic acids is 1. The van der Waals surface area contributed by atoms with Gasteiger partial charge in [0.2, 0.25) is 5.91 Å². The van der Waals surface area contributed by atoms with E-state index in [0.29, 0.717) is 23.8 Å². The van der Waals surface area contributed by atoms with Crippen LogP contribution in [0.3, 0.4) is 0 Å². The first-order chi connectivity index (χ1) is 16.8. The van der Waals surface area contributed by atoms with E-state index < -0.39 is 22.5 Å². The lowest BCUT2D eigenvalue weighted by Crippen LogP contribution is -2.41. The molecule has 1 amide bonds. The van der Waals surface area contributed by atoms with Gasteiger partial charge in [0.25, 0.3) is 10.0 Å². The minimum atomic E-state index is -4.14. The van der Waals surface area contributed by atoms with Crippen molar-refractivity contribution < 1.29 is 27.4 Å². The lowest BCUT2D eigenvalue weighted by atomic mass is 10.1. The number of nitrogens with zero attached hydrogens (tertiary/aromatic N) is 1. The summed E-state index contributed by atoms with van der Waals surface area (Å²) < 4.78 is 44.5. The Morgan fingerprint density at radius 2 is 1.60 bits per heavy atom. The smallest absolute Gasteiger partial charge is 0.264 e. The first-order valence-corrected chi connectivity index (χ1v) is 12.6. The van der Waals surface area contributed by atoms with E-state index in [-0.39, 0.29) is 16.7 Å². The third kappa shape index (κ3) is 6.24. The van der Waals surface area contributed by atoms with Gasteiger partial charge in [-0.2, -0.15) is 0 Å². The van der Waals surface area contributed by atoms with Gasteiger partial charge in [-0.1, -0.05) is 30.3 Å². The average Bonchev–Trinajstić information content (AvgIpc) is 2.88. The van der Waals surface area contributed by atoms with Crippen molar-refractivity contribution in [3.63, 3.8) is 0 Å². The number of hydrogen-bond donors (Lipinski definition) is 1. The monoisotopic (exact) mass is 498 g/mol. The quantitative estimate of drug-likeness (QED) is 0.426. The van der Waals surface area contributed by atoms with Crippen molar-refractivity contribution >= 4 is 21.6 Å². The van der Waals surface area contributed by atoms with Gasteiger partial charge in [-0.25, -0.2) is 8.42 Å². The van der Waals surface area contributed by atoms with Crippen LogP contribution in [0.15, 0.2) is 77.7 Å². The first kappa shape index (κ1) is 25.9. The molecule has 3 rings (SSSR count). The molecule has 0 spiro atoms. The molecular weight excluding hydrogens is 468 g/mol. The predicted octanol–water partition coefficient (Wildman–Crippen LogP) is 4.18. The van der Waals surface area contributed by atoms with Crippen LogP contribution in [0, 0.1) is 0 Å². The average molecular weight is 499 g/mol. The van der Waals surface area contributed by atoms with E-state index in [1.54, 1.807) is 24.3 Å². The fourth-order valence-electron chi connectivity index (χ4n) is 3.54. The number of anilines is 1. The van der Waals surface area contributed by atoms with E-state index in [9.17, 15) is 13.2 Å². The number of carbonyl (C=O) groups is 1. The van der Waals surface area contributed by atoms with Gasteiger partial charge in [0.1, 0.15) is 12.3 Å². The molecule has 0 saturated heterocycles. The standard InChI is InChI=1S/C26H30N2O6S/c1-5-34-22-13-11-21(12-14-22)28(18-26(29)27-19(2)20-9-7-6-8-10-20)35(30,31)23-15-16-24(32-3)25(17-23)33-4/h6-17,19H,5,18H2,1-4H3,(H,27,29)/t19-/m1/s1. The van der Waals surface area contributed by atoms with Crippen molar-refractivity contribution in [2.24, 2.45) is 0 Å². The molecule has 35 heavy (non-hydrogen) atoms. The topological polar surface area (TPSA) is 94.2 Å². The van der Waals surface area contributed by atoms with Crippen molar-refractivity contribution in [3.8, 4) is 17.2 Å². The van der Waals surface area contributed by atoms with E-state index in [4.69, 9.17) is 14.2 Å². The highest BCUT2D eigenvalue weighted by Crippen LogP contribution is 2.32. The molecule has 0 fully saturated rings. The highest BCUT2D eigenvalue weighted by atomic mass is 32.2. The van der Waals surface area contributed by atoms with Gasteiger partial charge in [-0.05, 0) is 55.8 Å². The maximum Gasteiger partial charge on any atom is 0.264 e. The summed E-state index contributed by atoms with van der Waals surface area (Å²) in [4.78, 5) is 13.0. The molecule has 0 aromatic heterocycles. The van der Waals surface area contributed by atoms with Crippen molar-refractivity contribution in [1.29, 1.82) is 0 Å². The molecule has 1 atom stereocenters. The lowest BCUT2D eigenvalue weighted by Gasteiger charge is -2.25. The van der Waals surface area contributed by atoms with Gasteiger partial charge in [0, 0.05) is 6.07 Å². The number of amides is 1. The fraction of sp³-hybridized carbons (Fsp3) is 0.269. The molecule has 9 heteroatoms. The Bertz CT molecular complexity index is 1230. The Morgan fingerprint density at radius 3 is 2.20 bits per heavy atom. The highest BCUT2D eigenvalue weighted by molar-refractivity contribution is 7.92. The van der Waals surface area contributed by atoms with E-state index >= 15 is 0 Å². The maximum atomic E-state index is 13.7. The number of ether oxygens (including phenoxy) is 3. The summed E-state index contributed by atoms with van der Waals surface area (Å²) in [5, 5.41) is 2.88. The third-order valence-corrected chi connectivity index (χ3v) is 7.11. The normalized spacial score (nSPS) is 11.9. The first-order valence-electron chi connectivity index (χ1n) is 11.1. The second-order valence-electron chi connectivity index (χ2n) is 7.66. The summed E-state index contributed by atoms with van der Waals surface area (Å²) in [6.07, 6.45) is 0. The molecule has 0 aliphatic rings. The Morgan fingerprint density at radius 1 is 0.943 bits per heavy atom. The van der Waals surface area contributed by atoms with Crippen LogP contribution in [0.25, 0.3) is 0 Å². The van der Waals surface area contributed by atoms with Gasteiger partial charge in [-0.3, -0.25) is 9.10 Å². The highest BCUT2D eigenvalue weighted by Gasteiger charge is 2.29. The number of rotatable bonds is 11. The zero-order valence-electron chi connectivity index (χ0n) is 20.2. The van der Waals surface area contributed by atoms with Crippen molar-refractivity contribution in [2.45, 2.75) is 24.8 Å². The Labute approximate surface area is 206 Å². The fourth-order valence-corrected chi connectivity index (χ4v) is 4.97. The molecule has 3 aromatic carbocycles. The molecular formula is C26H30N2O6S. The predicted molar refractivity (Wildman–Crippen MR) is 135 cm³/mol. The lowest BCUT2D eigenvalue weighted by molar-refractivity contribution is -0.120. The minimum absolute atomic E-state index is 0.0343. The van der Waals surface area contributed by atoms with Crippen LogP contribution in [-0.2, 0) is 14.8 Å². The second-order valence-corrected chi connectivity index (χ2v) is 9.52. The molecule has 0 aliphatic carbocycles. The molecule has 0 saturated carbocycles. The second kappa shape index (κ2) is 11.6. The molecule has 3 aromatic rings. The molecule has 0 radical (unpaired) electrons. The summed E-state index contributed by atoms with van der Waals surface area (Å²) in [6.45, 7) is 3.77. The Kier molecular flexibility index (Phi) is 8.59. The number of nitrogens with one attached hydrogen (secondary N) is 1. The van der Waals surface area contributed by atoms with Crippen molar-refractivity contribution in [3.05, 3.63) is 78.4 Å². The largest absolute Gasteiger partial charge is 0.494 e. The Balaban J connectivity index is 1.95. The summed E-state index contributed by atoms with van der Waals surface area (Å²) >= 11 is 0. The van der Waals surface area contributed by atoms with Crippen molar-refractivity contribution in [2.75, 3.05) is 31.7 Å². The maximum absolute atomic E-state index is 13.7. The molecule has 1 N–H and O–H groups in total. The molecule has 0 bridgehead atoms. The molecule has 8 nitrogen and oxygen atoms in total. The summed E-state index contributed by atoms with van der Waals surface area (Å²) in [7, 11) is -1.24. The SMILES string of the molecule is CCOc1ccc(N(CC(=O)N[C@H](C)c2ccccc2)S(=O)(=O)c2ccc(OC)c(OC)c2)cc1. The van der Waals surface area contributed by atoms with Crippen LogP contribution in [0.2, 0.25) is 0 Å². The van der Waals surface area contributed by atoms with E-state index in [0.717, 1.165) is 9.87 Å². The summed E-state index contributed by atoms with van der Waals surface area (Å²) in [5.74, 6) is 0.817. The van der Waals surface area contributed by atoms with E-state index in [2.05, 4.69) is 5.32 Å². The number of hydrogen-bond acceptors (Lipinski definition) is 6. The van der Waals surface area contributed by atoms with Crippen molar-refractivity contribution in [1.82, 2.24) is 5.32 Å². The zero-order chi connectivity index (χ0) is 25.4. The molecule has 186 valence electrons. The van der Waals surface area contributed by atoms with E-state index in [1.165, 1.54) is 32.4 Å². The zero-order valence-corrected chi connectivity index (χ0v) is 21.0. The van der Waals surface area contributed by atoms with Gasteiger partial charge in [0.15, 0.2) is 11.5 Å². The van der Waals surface area contributed by atoms with Gasteiger partial charge >= 0.3 is 0 Å². The van der Waals surface area contributed by atoms with Gasteiger partial charge in [-0.15, -0.1) is 0 Å². The van der Waals surface area contributed by atoms with Crippen LogP contribution in [0.1, 0.15) is 25.5 Å². The molecule has 0 heterocycles. The summed E-state index contributed by atoms with van der Waals surface area (Å²) in [6, 6.07) is 20.0. The number of sulfonamides is 1. The van der Waals surface area contributed by atoms with Gasteiger partial charge < -0.3 is 19.5 Å². The molecule has 0 unspecified atom stereocenters. The number of methoxy groups -OCH3 is 2. The van der Waals surface area contributed by atoms with Crippen LogP contribution in [-0.4, -0.2) is 41.7 Å². The van der Waals surface area contributed by atoms with Crippen LogP contribution < -0.4 is 23.8 Å². The van der Waals surface area contributed by atoms with Crippen LogP contribution >= 0.6 is 0 Å². The van der Waals surface area contributed by atoms with Gasteiger partial charge in [0.05, 0.1) is 37.5 Å². The third-order valence-electron chi connectivity index (χ3n) is 5.34. The van der Waals surface area contributed by atoms with E-state index in [1.807, 2.05) is 44.2 Å². The molecule has 0 aliphatic heterocycles. The minimum Gasteiger partial charge on any atom is -0.494 e. The van der Waals surface area contributed by atoms with Crippen LogP contribution in [0.4, 0.5) is 5.69 Å². The van der Waals surface area contributed by atoms with Crippen LogP contribution in [0.5, 0.6) is 17.2 Å². The number of benzene rings is 3. The Hall–Kier alpha value is -3.72.